The molecule has 0 spiro atoms. The first-order valence-electron chi connectivity index (χ1n) is 5.75. The van der Waals surface area contributed by atoms with E-state index in [1.54, 1.807) is 6.07 Å². The summed E-state index contributed by atoms with van der Waals surface area (Å²) in [6.45, 7) is 2.18. The van der Waals surface area contributed by atoms with Crippen molar-refractivity contribution in [1.29, 1.82) is 0 Å². The highest BCUT2D eigenvalue weighted by Crippen LogP contribution is 2.26. The molecule has 2 aromatic rings. The van der Waals surface area contributed by atoms with Gasteiger partial charge >= 0.3 is 0 Å². The van der Waals surface area contributed by atoms with Gasteiger partial charge in [-0.2, -0.15) is 4.98 Å². The molecular weight excluding hydrogens is 289 g/mol. The van der Waals surface area contributed by atoms with Crippen molar-refractivity contribution in [2.75, 3.05) is 19.7 Å². The summed E-state index contributed by atoms with van der Waals surface area (Å²) in [7, 11) is 0. The van der Waals surface area contributed by atoms with Gasteiger partial charge in [0.1, 0.15) is 6.10 Å². The molecule has 0 saturated carbocycles. The van der Waals surface area contributed by atoms with E-state index in [4.69, 9.17) is 20.9 Å². The Morgan fingerprint density at radius 2 is 2.16 bits per heavy atom. The molecule has 1 saturated heterocycles. The van der Waals surface area contributed by atoms with Crippen molar-refractivity contribution in [2.24, 2.45) is 0 Å². The fourth-order valence-corrected chi connectivity index (χ4v) is 2.06. The average Bonchev–Trinajstić information content (AvgIpc) is 2.90. The molecule has 1 aliphatic rings. The predicted molar refractivity (Wildman–Crippen MR) is 73.6 cm³/mol. The molecule has 5 nitrogen and oxygen atoms in total. The summed E-state index contributed by atoms with van der Waals surface area (Å²) in [6.07, 6.45) is -0.178. The largest absolute Gasteiger partial charge is 0.366 e. The van der Waals surface area contributed by atoms with E-state index >= 15 is 0 Å². The summed E-state index contributed by atoms with van der Waals surface area (Å²) in [5, 5.41) is 7.76. The first-order valence-corrected chi connectivity index (χ1v) is 6.13. The van der Waals surface area contributed by atoms with E-state index in [2.05, 4.69) is 15.5 Å². The highest BCUT2D eigenvalue weighted by Gasteiger charge is 2.22. The second-order valence-corrected chi connectivity index (χ2v) is 4.41. The Morgan fingerprint density at radius 3 is 2.89 bits per heavy atom. The molecule has 0 aliphatic carbocycles. The molecule has 0 bridgehead atoms. The lowest BCUT2D eigenvalue weighted by atomic mass is 10.2. The smallest absolute Gasteiger partial charge is 0.257 e. The second kappa shape index (κ2) is 6.34. The maximum absolute atomic E-state index is 6.09. The molecule has 7 heteroatoms. The fraction of sp³-hybridized carbons (Fsp3) is 0.333. The molecule has 1 aromatic heterocycles. The summed E-state index contributed by atoms with van der Waals surface area (Å²) in [6, 6.07) is 7.40. The van der Waals surface area contributed by atoms with Gasteiger partial charge in [0.15, 0.2) is 0 Å². The maximum atomic E-state index is 6.09. The summed E-state index contributed by atoms with van der Waals surface area (Å²) < 4.78 is 10.8. The number of hydrogen-bond donors (Lipinski definition) is 1. The van der Waals surface area contributed by atoms with E-state index in [9.17, 15) is 0 Å². The zero-order valence-electron chi connectivity index (χ0n) is 10.0. The van der Waals surface area contributed by atoms with Crippen molar-refractivity contribution in [2.45, 2.75) is 6.10 Å². The van der Waals surface area contributed by atoms with Crippen LogP contribution in [0.5, 0.6) is 0 Å². The van der Waals surface area contributed by atoms with Crippen molar-refractivity contribution >= 4 is 24.0 Å². The summed E-state index contributed by atoms with van der Waals surface area (Å²) in [4.78, 5) is 4.34. The predicted octanol–water partition coefficient (Wildman–Crippen LogP) is 2.47. The van der Waals surface area contributed by atoms with Crippen LogP contribution >= 0.6 is 24.0 Å². The Kier molecular flexibility index (Phi) is 4.76. The van der Waals surface area contributed by atoms with Crippen molar-refractivity contribution in [3.05, 3.63) is 35.2 Å². The highest BCUT2D eigenvalue weighted by atomic mass is 35.5. The number of aromatic nitrogens is 2. The molecule has 0 amide bonds. The molecule has 1 fully saturated rings. The van der Waals surface area contributed by atoms with Crippen molar-refractivity contribution in [1.82, 2.24) is 15.5 Å². The van der Waals surface area contributed by atoms with Crippen LogP contribution in [0.25, 0.3) is 11.4 Å². The third-order valence-corrected chi connectivity index (χ3v) is 3.09. The second-order valence-electron chi connectivity index (χ2n) is 4.00. The first kappa shape index (κ1) is 14.3. The minimum Gasteiger partial charge on any atom is -0.366 e. The van der Waals surface area contributed by atoms with Gasteiger partial charge < -0.3 is 14.6 Å². The lowest BCUT2D eigenvalue weighted by Crippen LogP contribution is -2.33. The minimum absolute atomic E-state index is 0. The lowest BCUT2D eigenvalue weighted by Gasteiger charge is -2.19. The van der Waals surface area contributed by atoms with E-state index in [-0.39, 0.29) is 18.5 Å². The molecule has 1 unspecified atom stereocenters. The molecule has 1 aliphatic heterocycles. The zero-order valence-corrected chi connectivity index (χ0v) is 11.6. The van der Waals surface area contributed by atoms with E-state index in [0.29, 0.717) is 29.9 Å². The van der Waals surface area contributed by atoms with Crippen LogP contribution in [0.4, 0.5) is 0 Å². The molecule has 3 rings (SSSR count). The Labute approximate surface area is 121 Å². The Hall–Kier alpha value is -1.14. The Balaban J connectivity index is 0.00000133. The molecule has 1 N–H and O–H groups in total. The van der Waals surface area contributed by atoms with Gasteiger partial charge in [-0.1, -0.05) is 28.9 Å². The van der Waals surface area contributed by atoms with Crippen molar-refractivity contribution in [3.8, 4) is 11.4 Å². The summed E-state index contributed by atoms with van der Waals surface area (Å²) >= 11 is 6.09. The number of nitrogens with zero attached hydrogens (tertiary/aromatic N) is 2. The van der Waals surface area contributed by atoms with Crippen LogP contribution in [0, 0.1) is 0 Å². The third-order valence-electron chi connectivity index (χ3n) is 2.76. The van der Waals surface area contributed by atoms with Crippen LogP contribution in [0.1, 0.15) is 12.0 Å². The Morgan fingerprint density at radius 1 is 1.32 bits per heavy atom. The normalized spacial score (nSPS) is 18.9. The van der Waals surface area contributed by atoms with Crippen LogP contribution in [-0.2, 0) is 4.74 Å². The zero-order chi connectivity index (χ0) is 12.4. The van der Waals surface area contributed by atoms with Gasteiger partial charge in [-0.25, -0.2) is 0 Å². The third kappa shape index (κ3) is 3.06. The van der Waals surface area contributed by atoms with Gasteiger partial charge in [0.25, 0.3) is 5.89 Å². The molecule has 102 valence electrons. The molecule has 1 atom stereocenters. The van der Waals surface area contributed by atoms with E-state index in [0.717, 1.165) is 12.1 Å². The van der Waals surface area contributed by atoms with Crippen molar-refractivity contribution in [3.63, 3.8) is 0 Å². The van der Waals surface area contributed by atoms with Gasteiger partial charge in [-0.05, 0) is 12.1 Å². The first-order chi connectivity index (χ1) is 8.84. The topological polar surface area (TPSA) is 60.2 Å². The number of hydrogen-bond acceptors (Lipinski definition) is 5. The van der Waals surface area contributed by atoms with Gasteiger partial charge in [0.2, 0.25) is 5.82 Å². The number of ether oxygens (including phenoxy) is 1. The fourth-order valence-electron chi connectivity index (χ4n) is 1.84. The molecule has 19 heavy (non-hydrogen) atoms. The lowest BCUT2D eigenvalue weighted by molar-refractivity contribution is 0.00755. The average molecular weight is 302 g/mol. The number of benzene rings is 1. The van der Waals surface area contributed by atoms with Gasteiger partial charge in [0, 0.05) is 18.7 Å². The number of nitrogens with one attached hydrogen (secondary N) is 1. The standard InChI is InChI=1S/C12H12ClN3O2.ClH/c13-9-4-2-1-3-8(9)11-15-12(18-16-11)10-7-14-5-6-17-10;/h1-4,10,14H,5-7H2;1H. The Bertz CT molecular complexity index is 541. The highest BCUT2D eigenvalue weighted by molar-refractivity contribution is 6.33. The van der Waals surface area contributed by atoms with Crippen LogP contribution in [0.2, 0.25) is 5.02 Å². The van der Waals surface area contributed by atoms with Gasteiger partial charge in [-0.3, -0.25) is 0 Å². The van der Waals surface area contributed by atoms with E-state index < -0.39 is 0 Å². The monoisotopic (exact) mass is 301 g/mol. The molecule has 1 aromatic carbocycles. The van der Waals surface area contributed by atoms with E-state index in [1.165, 1.54) is 0 Å². The van der Waals surface area contributed by atoms with Crippen LogP contribution in [0.15, 0.2) is 28.8 Å². The van der Waals surface area contributed by atoms with E-state index in [1.807, 2.05) is 18.2 Å². The maximum Gasteiger partial charge on any atom is 0.257 e. The quantitative estimate of drug-likeness (QED) is 0.923. The van der Waals surface area contributed by atoms with Crippen molar-refractivity contribution < 1.29 is 9.26 Å². The number of rotatable bonds is 2. The molecule has 0 radical (unpaired) electrons. The molecule has 2 heterocycles. The van der Waals surface area contributed by atoms with Crippen LogP contribution < -0.4 is 5.32 Å². The minimum atomic E-state index is -0.178. The number of morpholine rings is 1. The molecular formula is C12H13Cl2N3O2. The van der Waals surface area contributed by atoms with Crippen LogP contribution in [0.3, 0.4) is 0 Å². The SMILES string of the molecule is Cl.Clc1ccccc1-c1noc(C2CNCCO2)n1. The van der Waals surface area contributed by atoms with Crippen LogP contribution in [-0.4, -0.2) is 29.8 Å². The summed E-state index contributed by atoms with van der Waals surface area (Å²) in [5.74, 6) is 0.974. The number of halogens is 2. The summed E-state index contributed by atoms with van der Waals surface area (Å²) in [5.41, 5.74) is 0.762. The van der Waals surface area contributed by atoms with Gasteiger partial charge in [-0.15, -0.1) is 12.4 Å². The van der Waals surface area contributed by atoms with Gasteiger partial charge in [0.05, 0.1) is 11.6 Å².